The molecule has 5 fully saturated rings. The molecule has 0 saturated heterocycles. The van der Waals surface area contributed by atoms with Crippen molar-refractivity contribution in [3.8, 4) is 0 Å². The molecule has 10 atom stereocenters. The van der Waals surface area contributed by atoms with E-state index in [2.05, 4.69) is 48.1 Å². The number of allylic oxidation sites excluding steroid dienone is 1. The van der Waals surface area contributed by atoms with E-state index >= 15 is 0 Å². The molecule has 1 N–H and O–H groups in total. The number of hydrogen-bond donors (Lipinski definition) is 1. The Morgan fingerprint density at radius 2 is 1.48 bits per heavy atom. The van der Waals surface area contributed by atoms with E-state index in [-0.39, 0.29) is 16.9 Å². The molecule has 33 heavy (non-hydrogen) atoms. The summed E-state index contributed by atoms with van der Waals surface area (Å²) in [7, 11) is 0. The van der Waals surface area contributed by atoms with Crippen LogP contribution in [0.25, 0.3) is 0 Å². The number of fused-ring (bicyclic) bond motifs is 7. The third-order valence-corrected chi connectivity index (χ3v) is 13.7. The lowest BCUT2D eigenvalue weighted by Crippen LogP contribution is -2.67. The zero-order valence-corrected chi connectivity index (χ0v) is 22.6. The summed E-state index contributed by atoms with van der Waals surface area (Å²) >= 11 is 0. The Kier molecular flexibility index (Phi) is 5.26. The first-order valence-electron chi connectivity index (χ1n) is 14.1. The number of aliphatic hydroxyl groups is 1. The number of carbonyl (C=O) groups is 1. The highest BCUT2D eigenvalue weighted by Gasteiger charge is 2.71. The van der Waals surface area contributed by atoms with E-state index in [0.29, 0.717) is 45.7 Å². The Morgan fingerprint density at radius 3 is 2.12 bits per heavy atom. The topological polar surface area (TPSA) is 37.3 Å². The fourth-order valence-electron chi connectivity index (χ4n) is 11.7. The molecule has 5 aliphatic carbocycles. The second kappa shape index (κ2) is 7.21. The summed E-state index contributed by atoms with van der Waals surface area (Å²) in [6.45, 7) is 21.1. The van der Waals surface area contributed by atoms with Crippen molar-refractivity contribution >= 4 is 5.78 Å². The first-order chi connectivity index (χ1) is 15.3. The standard InChI is InChI=1S/C31H50O2/c1-19(2)21-11-16-31(20(3)32)18-17-29(7)22(26(21)31)9-10-24-28(6)14-13-25(33)27(4,5)23(28)12-15-30(24,29)8/h21-26,33H,1,9-18H2,2-8H3/t21?,22-,23+,24-,25+,26?,28+,29-,30-,31-/m1/s1. The van der Waals surface area contributed by atoms with Gasteiger partial charge in [-0.05, 0) is 129 Å². The van der Waals surface area contributed by atoms with Gasteiger partial charge in [-0.1, -0.05) is 46.8 Å². The second-order valence-corrected chi connectivity index (χ2v) is 14.8. The minimum Gasteiger partial charge on any atom is -0.393 e. The highest BCUT2D eigenvalue weighted by atomic mass is 16.3. The molecule has 0 radical (unpaired) electrons. The molecule has 0 spiro atoms. The Morgan fingerprint density at radius 1 is 0.788 bits per heavy atom. The molecule has 186 valence electrons. The molecular weight excluding hydrogens is 404 g/mol. The first kappa shape index (κ1) is 24.1. The molecule has 0 aromatic rings. The number of hydrogen-bond acceptors (Lipinski definition) is 2. The minimum absolute atomic E-state index is 0.0128. The largest absolute Gasteiger partial charge is 0.393 e. The minimum atomic E-state index is -0.160. The molecule has 5 aliphatic rings. The Balaban J connectivity index is 1.57. The van der Waals surface area contributed by atoms with Crippen LogP contribution in [0.1, 0.15) is 113 Å². The Bertz CT molecular complexity index is 857. The molecule has 0 aromatic heterocycles. The molecule has 0 heterocycles. The lowest BCUT2D eigenvalue weighted by Gasteiger charge is -2.72. The summed E-state index contributed by atoms with van der Waals surface area (Å²) in [5.74, 6) is 3.47. The molecular formula is C31H50O2. The van der Waals surface area contributed by atoms with E-state index in [1.165, 1.54) is 44.1 Å². The molecule has 0 aromatic carbocycles. The van der Waals surface area contributed by atoms with Gasteiger partial charge in [0.15, 0.2) is 0 Å². The summed E-state index contributed by atoms with van der Waals surface area (Å²) in [6, 6.07) is 0. The van der Waals surface area contributed by atoms with Gasteiger partial charge < -0.3 is 5.11 Å². The average Bonchev–Trinajstić information content (AvgIpc) is 3.13. The van der Waals surface area contributed by atoms with E-state index in [1.807, 2.05) is 6.92 Å². The zero-order valence-electron chi connectivity index (χ0n) is 22.6. The van der Waals surface area contributed by atoms with Crippen LogP contribution in [0.5, 0.6) is 0 Å². The van der Waals surface area contributed by atoms with E-state index in [9.17, 15) is 9.90 Å². The quantitative estimate of drug-likeness (QED) is 0.436. The van der Waals surface area contributed by atoms with Gasteiger partial charge in [0, 0.05) is 5.41 Å². The highest BCUT2D eigenvalue weighted by molar-refractivity contribution is 5.83. The van der Waals surface area contributed by atoms with Crippen molar-refractivity contribution in [3.63, 3.8) is 0 Å². The third kappa shape index (κ3) is 2.80. The number of ketones is 1. The van der Waals surface area contributed by atoms with E-state index in [0.717, 1.165) is 31.6 Å². The van der Waals surface area contributed by atoms with Crippen LogP contribution >= 0.6 is 0 Å². The summed E-state index contributed by atoms with van der Waals surface area (Å²) in [4.78, 5) is 13.2. The number of aliphatic hydroxyl groups excluding tert-OH is 1. The van der Waals surface area contributed by atoms with Gasteiger partial charge in [0.2, 0.25) is 0 Å². The Hall–Kier alpha value is -0.630. The maximum atomic E-state index is 13.2. The third-order valence-electron chi connectivity index (χ3n) is 13.7. The molecule has 0 amide bonds. The molecule has 0 aliphatic heterocycles. The van der Waals surface area contributed by atoms with Crippen molar-refractivity contribution in [1.82, 2.24) is 0 Å². The highest BCUT2D eigenvalue weighted by Crippen LogP contribution is 2.77. The van der Waals surface area contributed by atoms with Gasteiger partial charge in [-0.2, -0.15) is 0 Å². The molecule has 2 heteroatoms. The maximum Gasteiger partial charge on any atom is 0.136 e. The van der Waals surface area contributed by atoms with Crippen molar-refractivity contribution in [2.45, 2.75) is 119 Å². The fourth-order valence-corrected chi connectivity index (χ4v) is 11.7. The smallest absolute Gasteiger partial charge is 0.136 e. The van der Waals surface area contributed by atoms with Gasteiger partial charge in [-0.3, -0.25) is 4.79 Å². The number of Topliss-reactive ketones (excluding diaryl/α,β-unsaturated/α-hetero) is 1. The van der Waals surface area contributed by atoms with E-state index in [1.54, 1.807) is 0 Å². The van der Waals surface area contributed by atoms with E-state index < -0.39 is 0 Å². The number of carbonyl (C=O) groups excluding carboxylic acids is 1. The van der Waals surface area contributed by atoms with Crippen LogP contribution in [-0.2, 0) is 4.79 Å². The molecule has 2 unspecified atom stereocenters. The van der Waals surface area contributed by atoms with Crippen molar-refractivity contribution in [1.29, 1.82) is 0 Å². The Labute approximate surface area is 203 Å². The van der Waals surface area contributed by atoms with Gasteiger partial charge in [0.25, 0.3) is 0 Å². The van der Waals surface area contributed by atoms with Gasteiger partial charge in [-0.25, -0.2) is 0 Å². The summed E-state index contributed by atoms with van der Waals surface area (Å²) < 4.78 is 0. The van der Waals surface area contributed by atoms with Gasteiger partial charge >= 0.3 is 0 Å². The lowest BCUT2D eigenvalue weighted by atomic mass is 9.32. The first-order valence-corrected chi connectivity index (χ1v) is 14.1. The normalized spacial score (nSPS) is 55.0. The van der Waals surface area contributed by atoms with Crippen molar-refractivity contribution in [3.05, 3.63) is 12.2 Å². The van der Waals surface area contributed by atoms with Crippen LogP contribution in [0.2, 0.25) is 0 Å². The molecule has 0 bridgehead atoms. The van der Waals surface area contributed by atoms with Crippen molar-refractivity contribution in [2.75, 3.05) is 0 Å². The van der Waals surface area contributed by atoms with Crippen molar-refractivity contribution in [2.24, 2.45) is 56.7 Å². The van der Waals surface area contributed by atoms with Crippen LogP contribution < -0.4 is 0 Å². The average molecular weight is 455 g/mol. The maximum absolute atomic E-state index is 13.2. The van der Waals surface area contributed by atoms with Crippen LogP contribution in [0.15, 0.2) is 12.2 Å². The van der Waals surface area contributed by atoms with Crippen LogP contribution in [0.4, 0.5) is 0 Å². The van der Waals surface area contributed by atoms with Crippen LogP contribution in [0.3, 0.4) is 0 Å². The van der Waals surface area contributed by atoms with Crippen molar-refractivity contribution < 1.29 is 9.90 Å². The molecule has 5 rings (SSSR count). The fraction of sp³-hybridized carbons (Fsp3) is 0.903. The van der Waals surface area contributed by atoms with E-state index in [4.69, 9.17) is 0 Å². The van der Waals surface area contributed by atoms with Crippen LogP contribution in [-0.4, -0.2) is 17.0 Å². The summed E-state index contributed by atoms with van der Waals surface area (Å²) in [5.41, 5.74) is 2.19. The molecule has 5 saturated carbocycles. The lowest BCUT2D eigenvalue weighted by molar-refractivity contribution is -0.246. The summed E-state index contributed by atoms with van der Waals surface area (Å²) in [5, 5.41) is 10.9. The van der Waals surface area contributed by atoms with Crippen LogP contribution in [0, 0.1) is 56.7 Å². The van der Waals surface area contributed by atoms with Gasteiger partial charge in [0.1, 0.15) is 5.78 Å². The summed E-state index contributed by atoms with van der Waals surface area (Å²) in [6.07, 6.45) is 11.7. The van der Waals surface area contributed by atoms with Gasteiger partial charge in [0.05, 0.1) is 6.10 Å². The second-order valence-electron chi connectivity index (χ2n) is 14.8. The SMILES string of the molecule is C=C(C)C1CC[C@]2(C(C)=O)CC[C@]3(C)[C@H](CC[C@@H]4[C@@]5(C)CC[C@H](O)C(C)(C)[C@@H]5CC[C@]43C)C12. The number of rotatable bonds is 2. The van der Waals surface area contributed by atoms with Gasteiger partial charge in [-0.15, -0.1) is 0 Å². The predicted octanol–water partition coefficient (Wildman–Crippen LogP) is 7.59. The molecule has 2 nitrogen and oxygen atoms in total. The zero-order chi connectivity index (χ0) is 24.2. The predicted molar refractivity (Wildman–Crippen MR) is 136 cm³/mol. The monoisotopic (exact) mass is 454 g/mol.